The zero-order valence-electron chi connectivity index (χ0n) is 13.3. The molecule has 1 saturated heterocycles. The Morgan fingerprint density at radius 2 is 1.91 bits per heavy atom. The van der Waals surface area contributed by atoms with Gasteiger partial charge in [-0.3, -0.25) is 9.69 Å². The molecule has 0 aromatic heterocycles. The van der Waals surface area contributed by atoms with Crippen LogP contribution in [-0.4, -0.2) is 50.2 Å². The van der Waals surface area contributed by atoms with Crippen LogP contribution in [0.5, 0.6) is 0 Å². The first-order chi connectivity index (χ1) is 10.9. The minimum absolute atomic E-state index is 0.0801. The number of rotatable bonds is 3. The van der Waals surface area contributed by atoms with E-state index in [1.807, 2.05) is 28.0 Å². The summed E-state index contributed by atoms with van der Waals surface area (Å²) in [6.07, 6.45) is 1.88. The van der Waals surface area contributed by atoms with Gasteiger partial charge in [-0.2, -0.15) is 0 Å². The number of hydrogen-bond donors (Lipinski definition) is 1. The van der Waals surface area contributed by atoms with Crippen molar-refractivity contribution in [2.45, 2.75) is 37.5 Å². The average molecular weight is 337 g/mol. The predicted molar refractivity (Wildman–Crippen MR) is 89.7 cm³/mol. The number of amides is 1. The molecule has 23 heavy (non-hydrogen) atoms. The number of hydrogen-bond acceptors (Lipinski definition) is 4. The van der Waals surface area contributed by atoms with Gasteiger partial charge in [-0.25, -0.2) is 13.6 Å². The van der Waals surface area contributed by atoms with E-state index in [0.717, 1.165) is 12.1 Å². The highest BCUT2D eigenvalue weighted by Crippen LogP contribution is 2.32. The lowest BCUT2D eigenvalue weighted by Crippen LogP contribution is -2.47. The predicted octanol–water partition coefficient (Wildman–Crippen LogP) is 0.717. The molecule has 1 atom stereocenters. The largest absolute Gasteiger partial charge is 0.308 e. The number of sulfonamides is 1. The first kappa shape index (κ1) is 16.4. The van der Waals surface area contributed by atoms with Crippen LogP contribution in [0.4, 0.5) is 5.69 Å². The fourth-order valence-corrected chi connectivity index (χ4v) is 4.48. The van der Waals surface area contributed by atoms with Gasteiger partial charge in [-0.05, 0) is 50.9 Å². The summed E-state index contributed by atoms with van der Waals surface area (Å²) in [4.78, 5) is 16.6. The summed E-state index contributed by atoms with van der Waals surface area (Å²) in [6.45, 7) is 3.58. The number of para-hydroxylation sites is 1. The maximum atomic E-state index is 12.7. The maximum Gasteiger partial charge on any atom is 0.241 e. The summed E-state index contributed by atoms with van der Waals surface area (Å²) < 4.78 is 22.8. The topological polar surface area (TPSA) is 83.7 Å². The van der Waals surface area contributed by atoms with Crippen LogP contribution < -0.4 is 10.0 Å². The van der Waals surface area contributed by atoms with Gasteiger partial charge in [0.05, 0.1) is 11.8 Å². The van der Waals surface area contributed by atoms with Gasteiger partial charge in [-0.15, -0.1) is 0 Å². The molecular formula is C16H23N3O3S. The minimum atomic E-state index is -3.46. The van der Waals surface area contributed by atoms with E-state index in [1.165, 1.54) is 5.56 Å². The third-order valence-electron chi connectivity index (χ3n) is 4.83. The molecule has 0 bridgehead atoms. The van der Waals surface area contributed by atoms with Crippen molar-refractivity contribution in [1.29, 1.82) is 0 Å². The van der Waals surface area contributed by atoms with Gasteiger partial charge >= 0.3 is 0 Å². The third-order valence-corrected chi connectivity index (χ3v) is 6.23. The van der Waals surface area contributed by atoms with Gasteiger partial charge in [0.15, 0.2) is 0 Å². The SMILES string of the molecule is CC1Cc2ccccc2N1C(=O)CN1CCC(S(N)(=O)=O)CC1. The number of carbonyl (C=O) groups is 1. The summed E-state index contributed by atoms with van der Waals surface area (Å²) in [7, 11) is -3.46. The van der Waals surface area contributed by atoms with Gasteiger partial charge in [0.25, 0.3) is 0 Å². The van der Waals surface area contributed by atoms with E-state index >= 15 is 0 Å². The number of benzene rings is 1. The molecule has 0 saturated carbocycles. The molecule has 1 aromatic rings. The Balaban J connectivity index is 1.63. The lowest BCUT2D eigenvalue weighted by Gasteiger charge is -2.32. The van der Waals surface area contributed by atoms with Crippen LogP contribution in [0.15, 0.2) is 24.3 Å². The zero-order chi connectivity index (χ0) is 16.6. The molecule has 1 unspecified atom stereocenters. The van der Waals surface area contributed by atoms with Gasteiger partial charge < -0.3 is 4.90 Å². The third kappa shape index (κ3) is 3.41. The van der Waals surface area contributed by atoms with Crippen molar-refractivity contribution in [3.05, 3.63) is 29.8 Å². The molecule has 2 aliphatic rings. The van der Waals surface area contributed by atoms with Crippen LogP contribution in [0.2, 0.25) is 0 Å². The van der Waals surface area contributed by atoms with E-state index in [1.54, 1.807) is 0 Å². The molecule has 2 N–H and O–H groups in total. The highest BCUT2D eigenvalue weighted by Gasteiger charge is 2.33. The van der Waals surface area contributed by atoms with E-state index in [0.29, 0.717) is 32.5 Å². The molecule has 2 aliphatic heterocycles. The molecule has 1 fully saturated rings. The van der Waals surface area contributed by atoms with Gasteiger partial charge in [0, 0.05) is 11.7 Å². The van der Waals surface area contributed by atoms with Crippen molar-refractivity contribution in [2.75, 3.05) is 24.5 Å². The smallest absolute Gasteiger partial charge is 0.241 e. The summed E-state index contributed by atoms with van der Waals surface area (Å²) in [5, 5.41) is 4.73. The molecule has 0 radical (unpaired) electrons. The van der Waals surface area contributed by atoms with Crippen LogP contribution in [0.1, 0.15) is 25.3 Å². The monoisotopic (exact) mass is 337 g/mol. The number of fused-ring (bicyclic) bond motifs is 1. The Labute approximate surface area is 137 Å². The second-order valence-corrected chi connectivity index (χ2v) is 8.35. The first-order valence-corrected chi connectivity index (χ1v) is 9.61. The maximum absolute atomic E-state index is 12.7. The minimum Gasteiger partial charge on any atom is -0.308 e. The van der Waals surface area contributed by atoms with Crippen LogP contribution >= 0.6 is 0 Å². The highest BCUT2D eigenvalue weighted by molar-refractivity contribution is 7.89. The lowest BCUT2D eigenvalue weighted by atomic mass is 10.1. The number of carbonyl (C=O) groups excluding carboxylic acids is 1. The summed E-state index contributed by atoms with van der Waals surface area (Å²) in [5.74, 6) is 0.0801. The summed E-state index contributed by atoms with van der Waals surface area (Å²) in [5.41, 5.74) is 2.21. The van der Waals surface area contributed by atoms with E-state index in [2.05, 4.69) is 13.0 Å². The molecule has 1 amide bonds. The number of likely N-dealkylation sites (tertiary alicyclic amines) is 1. The molecule has 2 heterocycles. The van der Waals surface area contributed by atoms with E-state index in [4.69, 9.17) is 5.14 Å². The number of anilines is 1. The fraction of sp³-hybridized carbons (Fsp3) is 0.562. The zero-order valence-corrected chi connectivity index (χ0v) is 14.1. The summed E-state index contributed by atoms with van der Waals surface area (Å²) in [6, 6.07) is 8.18. The molecule has 126 valence electrons. The van der Waals surface area contributed by atoms with E-state index in [9.17, 15) is 13.2 Å². The molecular weight excluding hydrogens is 314 g/mol. The second-order valence-electron chi connectivity index (χ2n) is 6.51. The molecule has 7 heteroatoms. The highest BCUT2D eigenvalue weighted by atomic mass is 32.2. The van der Waals surface area contributed by atoms with E-state index in [-0.39, 0.29) is 11.9 Å². The fourth-order valence-electron chi connectivity index (χ4n) is 3.61. The molecule has 0 aliphatic carbocycles. The quantitative estimate of drug-likeness (QED) is 0.881. The van der Waals surface area contributed by atoms with Crippen LogP contribution in [-0.2, 0) is 21.2 Å². The molecule has 1 aromatic carbocycles. The molecule has 6 nitrogen and oxygen atoms in total. The Kier molecular flexibility index (Phi) is 4.44. The molecule has 0 spiro atoms. The molecule has 3 rings (SSSR count). The lowest BCUT2D eigenvalue weighted by molar-refractivity contribution is -0.120. The van der Waals surface area contributed by atoms with Crippen molar-refractivity contribution in [2.24, 2.45) is 5.14 Å². The van der Waals surface area contributed by atoms with Crippen LogP contribution in [0.3, 0.4) is 0 Å². The first-order valence-electron chi connectivity index (χ1n) is 8.00. The van der Waals surface area contributed by atoms with Crippen molar-refractivity contribution in [1.82, 2.24) is 4.90 Å². The Hall–Kier alpha value is -1.44. The van der Waals surface area contributed by atoms with Crippen LogP contribution in [0.25, 0.3) is 0 Å². The number of piperidine rings is 1. The van der Waals surface area contributed by atoms with Crippen molar-refractivity contribution in [3.63, 3.8) is 0 Å². The normalized spacial score (nSPS) is 23.0. The number of primary sulfonamides is 1. The van der Waals surface area contributed by atoms with Crippen molar-refractivity contribution in [3.8, 4) is 0 Å². The standard InChI is InChI=1S/C16H23N3O3S/c1-12-10-13-4-2-3-5-15(13)19(12)16(20)11-18-8-6-14(7-9-18)23(17,21)22/h2-5,12,14H,6-11H2,1H3,(H2,17,21,22). The van der Waals surface area contributed by atoms with Crippen molar-refractivity contribution < 1.29 is 13.2 Å². The number of nitrogens with zero attached hydrogens (tertiary/aromatic N) is 2. The summed E-state index contributed by atoms with van der Waals surface area (Å²) >= 11 is 0. The Morgan fingerprint density at radius 1 is 1.26 bits per heavy atom. The second kappa shape index (κ2) is 6.22. The van der Waals surface area contributed by atoms with E-state index < -0.39 is 15.3 Å². The van der Waals surface area contributed by atoms with Gasteiger partial charge in [-0.1, -0.05) is 18.2 Å². The van der Waals surface area contributed by atoms with Crippen molar-refractivity contribution >= 4 is 21.6 Å². The van der Waals surface area contributed by atoms with Gasteiger partial charge in [0.1, 0.15) is 0 Å². The Bertz CT molecular complexity index is 696. The van der Waals surface area contributed by atoms with Crippen LogP contribution in [0, 0.1) is 0 Å². The Morgan fingerprint density at radius 3 is 2.57 bits per heavy atom. The van der Waals surface area contributed by atoms with Gasteiger partial charge in [0.2, 0.25) is 15.9 Å². The average Bonchev–Trinajstić information content (AvgIpc) is 2.82. The number of nitrogens with two attached hydrogens (primary N) is 1.